The molecule has 1 saturated carbocycles. The quantitative estimate of drug-likeness (QED) is 0.890. The first-order valence-electron chi connectivity index (χ1n) is 8.10. The molecule has 0 bridgehead atoms. The Morgan fingerprint density at radius 3 is 2.48 bits per heavy atom. The molecule has 5 heteroatoms. The third kappa shape index (κ3) is 3.15. The van der Waals surface area contributed by atoms with E-state index >= 15 is 0 Å². The molecule has 1 aliphatic carbocycles. The zero-order valence-electron chi connectivity index (χ0n) is 13.1. The monoisotopic (exact) mass is 314 g/mol. The SMILES string of the molecule is C=C1c2ccccc2C(=O)N1CC(=O)NC1CCC(CO)CC1. The van der Waals surface area contributed by atoms with Crippen LogP contribution in [0.5, 0.6) is 0 Å². The van der Waals surface area contributed by atoms with Crippen LogP contribution in [0.2, 0.25) is 0 Å². The standard InChI is InChI=1S/C18H22N2O3/c1-12-15-4-2-3-5-16(15)18(23)20(12)10-17(22)19-14-8-6-13(11-21)7-9-14/h2-5,13-14,21H,1,6-11H2,(H,19,22). The smallest absolute Gasteiger partial charge is 0.259 e. The number of aliphatic hydroxyl groups excluding tert-OH is 1. The Morgan fingerprint density at radius 1 is 1.22 bits per heavy atom. The molecule has 1 aromatic carbocycles. The molecule has 1 aliphatic heterocycles. The minimum atomic E-state index is -0.162. The molecule has 2 N–H and O–H groups in total. The predicted octanol–water partition coefficient (Wildman–Crippen LogP) is 1.78. The number of hydrogen-bond donors (Lipinski definition) is 2. The van der Waals surface area contributed by atoms with Gasteiger partial charge < -0.3 is 10.4 Å². The maximum Gasteiger partial charge on any atom is 0.259 e. The average Bonchev–Trinajstić information content (AvgIpc) is 2.81. The summed E-state index contributed by atoms with van der Waals surface area (Å²) in [7, 11) is 0. The van der Waals surface area contributed by atoms with Crippen molar-refractivity contribution in [1.29, 1.82) is 0 Å². The lowest BCUT2D eigenvalue weighted by atomic mass is 9.86. The summed E-state index contributed by atoms with van der Waals surface area (Å²) in [4.78, 5) is 26.1. The molecule has 0 atom stereocenters. The largest absolute Gasteiger partial charge is 0.396 e. The molecule has 0 aromatic heterocycles. The van der Waals surface area contributed by atoms with Gasteiger partial charge in [-0.15, -0.1) is 0 Å². The molecule has 2 amide bonds. The first kappa shape index (κ1) is 15.7. The molecular weight excluding hydrogens is 292 g/mol. The van der Waals surface area contributed by atoms with E-state index in [9.17, 15) is 9.59 Å². The zero-order chi connectivity index (χ0) is 16.4. The second-order valence-electron chi connectivity index (χ2n) is 6.35. The highest BCUT2D eigenvalue weighted by Crippen LogP contribution is 2.30. The third-order valence-corrected chi connectivity index (χ3v) is 4.81. The fourth-order valence-corrected chi connectivity index (χ4v) is 3.41. The highest BCUT2D eigenvalue weighted by molar-refractivity contribution is 6.10. The second-order valence-corrected chi connectivity index (χ2v) is 6.35. The van der Waals surface area contributed by atoms with E-state index in [1.165, 1.54) is 4.90 Å². The Hall–Kier alpha value is -2.14. The van der Waals surface area contributed by atoms with E-state index in [1.807, 2.05) is 18.2 Å². The Bertz CT molecular complexity index is 598. The lowest BCUT2D eigenvalue weighted by Gasteiger charge is -2.28. The lowest BCUT2D eigenvalue weighted by molar-refractivity contribution is -0.122. The van der Waals surface area contributed by atoms with Crippen molar-refractivity contribution in [2.24, 2.45) is 5.92 Å². The van der Waals surface area contributed by atoms with Crippen LogP contribution in [0, 0.1) is 5.92 Å². The van der Waals surface area contributed by atoms with Crippen molar-refractivity contribution in [2.75, 3.05) is 13.2 Å². The van der Waals surface area contributed by atoms with Crippen molar-refractivity contribution >= 4 is 17.5 Å². The van der Waals surface area contributed by atoms with Crippen LogP contribution >= 0.6 is 0 Å². The fourth-order valence-electron chi connectivity index (χ4n) is 3.41. The maximum absolute atomic E-state index is 12.4. The van der Waals surface area contributed by atoms with Gasteiger partial charge >= 0.3 is 0 Å². The Kier molecular flexibility index (Phi) is 4.48. The van der Waals surface area contributed by atoms with Gasteiger partial charge in [-0.05, 0) is 37.7 Å². The molecule has 122 valence electrons. The number of amides is 2. The molecule has 1 heterocycles. The number of carbonyl (C=O) groups excluding carboxylic acids is 2. The van der Waals surface area contributed by atoms with Gasteiger partial charge in [0.25, 0.3) is 5.91 Å². The summed E-state index contributed by atoms with van der Waals surface area (Å²) in [6.45, 7) is 4.18. The van der Waals surface area contributed by atoms with E-state index in [0.29, 0.717) is 17.2 Å². The molecule has 23 heavy (non-hydrogen) atoms. The van der Waals surface area contributed by atoms with Crippen molar-refractivity contribution in [3.8, 4) is 0 Å². The van der Waals surface area contributed by atoms with Crippen molar-refractivity contribution in [1.82, 2.24) is 10.2 Å². The van der Waals surface area contributed by atoms with Crippen LogP contribution in [0.4, 0.5) is 0 Å². The van der Waals surface area contributed by atoms with E-state index in [4.69, 9.17) is 5.11 Å². The third-order valence-electron chi connectivity index (χ3n) is 4.81. The molecule has 0 unspecified atom stereocenters. The molecule has 2 aliphatic rings. The summed E-state index contributed by atoms with van der Waals surface area (Å²) in [5.74, 6) is 0.0436. The van der Waals surface area contributed by atoms with Crippen molar-refractivity contribution in [2.45, 2.75) is 31.7 Å². The Balaban J connectivity index is 1.57. The van der Waals surface area contributed by atoms with Crippen LogP contribution in [-0.2, 0) is 4.79 Å². The van der Waals surface area contributed by atoms with E-state index in [2.05, 4.69) is 11.9 Å². The minimum Gasteiger partial charge on any atom is -0.396 e. The predicted molar refractivity (Wildman–Crippen MR) is 87.5 cm³/mol. The van der Waals surface area contributed by atoms with Crippen LogP contribution in [-0.4, -0.2) is 41.0 Å². The van der Waals surface area contributed by atoms with Gasteiger partial charge in [-0.3, -0.25) is 14.5 Å². The van der Waals surface area contributed by atoms with Gasteiger partial charge in [0, 0.05) is 29.5 Å². The fraction of sp³-hybridized carbons (Fsp3) is 0.444. The average molecular weight is 314 g/mol. The number of fused-ring (bicyclic) bond motifs is 1. The summed E-state index contributed by atoms with van der Waals surface area (Å²) in [5, 5.41) is 12.2. The summed E-state index contributed by atoms with van der Waals surface area (Å²) >= 11 is 0. The number of benzene rings is 1. The van der Waals surface area contributed by atoms with Gasteiger partial charge in [0.2, 0.25) is 5.91 Å². The highest BCUT2D eigenvalue weighted by Gasteiger charge is 2.32. The Morgan fingerprint density at radius 2 is 1.87 bits per heavy atom. The van der Waals surface area contributed by atoms with Crippen LogP contribution in [0.15, 0.2) is 30.8 Å². The lowest BCUT2D eigenvalue weighted by Crippen LogP contribution is -2.43. The molecule has 3 rings (SSSR count). The van der Waals surface area contributed by atoms with Crippen molar-refractivity contribution < 1.29 is 14.7 Å². The van der Waals surface area contributed by atoms with E-state index in [1.54, 1.807) is 6.07 Å². The highest BCUT2D eigenvalue weighted by atomic mass is 16.3. The molecule has 0 radical (unpaired) electrons. The summed E-state index contributed by atoms with van der Waals surface area (Å²) < 4.78 is 0. The minimum absolute atomic E-state index is 0.00623. The Labute approximate surface area is 136 Å². The molecule has 5 nitrogen and oxygen atoms in total. The molecule has 1 aromatic rings. The topological polar surface area (TPSA) is 69.6 Å². The summed E-state index contributed by atoms with van der Waals surface area (Å²) in [6.07, 6.45) is 3.63. The first-order chi connectivity index (χ1) is 11.1. The van der Waals surface area contributed by atoms with Gasteiger partial charge in [-0.2, -0.15) is 0 Å². The number of aliphatic hydroxyl groups is 1. The van der Waals surface area contributed by atoms with Gasteiger partial charge in [0.05, 0.1) is 0 Å². The van der Waals surface area contributed by atoms with Gasteiger partial charge in [-0.25, -0.2) is 0 Å². The van der Waals surface area contributed by atoms with E-state index < -0.39 is 0 Å². The van der Waals surface area contributed by atoms with Gasteiger partial charge in [0.15, 0.2) is 0 Å². The van der Waals surface area contributed by atoms with Crippen LogP contribution in [0.25, 0.3) is 5.70 Å². The normalized spacial score (nSPS) is 23.8. The first-order valence-corrected chi connectivity index (χ1v) is 8.10. The summed E-state index contributed by atoms with van der Waals surface area (Å²) in [6, 6.07) is 7.42. The van der Waals surface area contributed by atoms with E-state index in [-0.39, 0.29) is 31.0 Å². The van der Waals surface area contributed by atoms with E-state index in [0.717, 1.165) is 31.2 Å². The van der Waals surface area contributed by atoms with Crippen molar-refractivity contribution in [3.63, 3.8) is 0 Å². The summed E-state index contributed by atoms with van der Waals surface area (Å²) in [5.41, 5.74) is 1.99. The second kappa shape index (κ2) is 6.54. The van der Waals surface area contributed by atoms with Gasteiger partial charge in [0.1, 0.15) is 6.54 Å². The number of carbonyl (C=O) groups is 2. The molecule has 0 saturated heterocycles. The van der Waals surface area contributed by atoms with Gasteiger partial charge in [-0.1, -0.05) is 24.8 Å². The van der Waals surface area contributed by atoms with Crippen LogP contribution < -0.4 is 5.32 Å². The van der Waals surface area contributed by atoms with Crippen LogP contribution in [0.3, 0.4) is 0 Å². The number of nitrogens with zero attached hydrogens (tertiary/aromatic N) is 1. The van der Waals surface area contributed by atoms with Crippen molar-refractivity contribution in [3.05, 3.63) is 42.0 Å². The zero-order valence-corrected chi connectivity index (χ0v) is 13.1. The number of rotatable bonds is 4. The number of hydrogen-bond acceptors (Lipinski definition) is 3. The molecule has 1 fully saturated rings. The number of nitrogens with one attached hydrogen (secondary N) is 1. The maximum atomic E-state index is 12.4. The molecule has 0 spiro atoms. The molecular formula is C18H22N2O3. The van der Waals surface area contributed by atoms with Crippen LogP contribution in [0.1, 0.15) is 41.6 Å².